The SMILES string of the molecule is CSCC[C@H](NC(=O)CCC1CCNC1)C(=O)O. The summed E-state index contributed by atoms with van der Waals surface area (Å²) in [6.07, 6.45) is 4.78. The third kappa shape index (κ3) is 5.73. The van der Waals surface area contributed by atoms with E-state index in [1.807, 2.05) is 6.26 Å². The molecule has 1 rings (SSSR count). The second-order valence-corrected chi connectivity index (χ2v) is 5.62. The van der Waals surface area contributed by atoms with Crippen LogP contribution in [0, 0.1) is 5.92 Å². The van der Waals surface area contributed by atoms with Crippen molar-refractivity contribution in [3.8, 4) is 0 Å². The zero-order valence-corrected chi connectivity index (χ0v) is 11.6. The summed E-state index contributed by atoms with van der Waals surface area (Å²) in [6, 6.07) is -0.744. The first kappa shape index (κ1) is 15.3. The third-order valence-corrected chi connectivity index (χ3v) is 3.83. The van der Waals surface area contributed by atoms with Gasteiger partial charge in [0.05, 0.1) is 0 Å². The first-order valence-electron chi connectivity index (χ1n) is 6.35. The number of hydrogen-bond donors (Lipinski definition) is 3. The second-order valence-electron chi connectivity index (χ2n) is 4.64. The van der Waals surface area contributed by atoms with Crippen LogP contribution in [-0.2, 0) is 9.59 Å². The van der Waals surface area contributed by atoms with E-state index < -0.39 is 12.0 Å². The van der Waals surface area contributed by atoms with Gasteiger partial charge in [0, 0.05) is 6.42 Å². The Morgan fingerprint density at radius 2 is 2.33 bits per heavy atom. The maximum Gasteiger partial charge on any atom is 0.326 e. The standard InChI is InChI=1S/C12H22N2O3S/c1-18-7-5-10(12(16)17)14-11(15)3-2-9-4-6-13-8-9/h9-10,13H,2-8H2,1H3,(H,14,15)(H,16,17)/t9?,10-/m0/s1. The van der Waals surface area contributed by atoms with E-state index in [2.05, 4.69) is 10.6 Å². The Morgan fingerprint density at radius 3 is 2.89 bits per heavy atom. The quantitative estimate of drug-likeness (QED) is 0.607. The van der Waals surface area contributed by atoms with Crippen molar-refractivity contribution in [2.45, 2.75) is 31.7 Å². The molecule has 0 saturated carbocycles. The van der Waals surface area contributed by atoms with Gasteiger partial charge in [0.1, 0.15) is 6.04 Å². The minimum atomic E-state index is -0.945. The highest BCUT2D eigenvalue weighted by Crippen LogP contribution is 2.14. The fourth-order valence-electron chi connectivity index (χ4n) is 2.06. The van der Waals surface area contributed by atoms with Crippen molar-refractivity contribution in [3.05, 3.63) is 0 Å². The molecule has 1 unspecified atom stereocenters. The topological polar surface area (TPSA) is 78.4 Å². The van der Waals surface area contributed by atoms with E-state index in [0.717, 1.165) is 31.7 Å². The van der Waals surface area contributed by atoms with Gasteiger partial charge in [0.15, 0.2) is 0 Å². The number of rotatable bonds is 8. The summed E-state index contributed by atoms with van der Waals surface area (Å²) < 4.78 is 0. The molecule has 3 N–H and O–H groups in total. The molecule has 0 radical (unpaired) electrons. The van der Waals surface area contributed by atoms with E-state index >= 15 is 0 Å². The van der Waals surface area contributed by atoms with Gasteiger partial charge in [0.25, 0.3) is 0 Å². The molecule has 104 valence electrons. The van der Waals surface area contributed by atoms with Gasteiger partial charge in [-0.1, -0.05) is 0 Å². The van der Waals surface area contributed by atoms with Crippen molar-refractivity contribution in [2.75, 3.05) is 25.1 Å². The number of aliphatic carboxylic acids is 1. The molecule has 1 fully saturated rings. The minimum Gasteiger partial charge on any atom is -0.480 e. The summed E-state index contributed by atoms with van der Waals surface area (Å²) >= 11 is 1.59. The van der Waals surface area contributed by atoms with E-state index in [9.17, 15) is 9.59 Å². The van der Waals surface area contributed by atoms with Crippen LogP contribution in [-0.4, -0.2) is 48.1 Å². The van der Waals surface area contributed by atoms with E-state index in [1.54, 1.807) is 11.8 Å². The highest BCUT2D eigenvalue weighted by atomic mass is 32.2. The highest BCUT2D eigenvalue weighted by molar-refractivity contribution is 7.98. The van der Waals surface area contributed by atoms with Crippen molar-refractivity contribution in [1.29, 1.82) is 0 Å². The van der Waals surface area contributed by atoms with Crippen LogP contribution in [0.2, 0.25) is 0 Å². The zero-order chi connectivity index (χ0) is 13.4. The smallest absolute Gasteiger partial charge is 0.326 e. The maximum atomic E-state index is 11.7. The van der Waals surface area contributed by atoms with E-state index in [-0.39, 0.29) is 5.91 Å². The van der Waals surface area contributed by atoms with Crippen LogP contribution in [0.3, 0.4) is 0 Å². The van der Waals surface area contributed by atoms with Crippen LogP contribution in [0.15, 0.2) is 0 Å². The summed E-state index contributed by atoms with van der Waals surface area (Å²) in [5.74, 6) is 0.213. The van der Waals surface area contributed by atoms with Gasteiger partial charge < -0.3 is 15.7 Å². The van der Waals surface area contributed by atoms with E-state index in [4.69, 9.17) is 5.11 Å². The number of amides is 1. The Kier molecular flexibility index (Phi) is 7.12. The molecule has 0 aromatic heterocycles. The van der Waals surface area contributed by atoms with Gasteiger partial charge in [-0.3, -0.25) is 4.79 Å². The molecule has 0 aromatic carbocycles. The summed E-state index contributed by atoms with van der Waals surface area (Å²) in [5.41, 5.74) is 0. The van der Waals surface area contributed by atoms with Gasteiger partial charge in [-0.15, -0.1) is 0 Å². The van der Waals surface area contributed by atoms with Crippen LogP contribution < -0.4 is 10.6 Å². The van der Waals surface area contributed by atoms with Gasteiger partial charge >= 0.3 is 5.97 Å². The summed E-state index contributed by atoms with van der Waals surface area (Å²) in [4.78, 5) is 22.6. The summed E-state index contributed by atoms with van der Waals surface area (Å²) in [5, 5.41) is 14.9. The van der Waals surface area contributed by atoms with Gasteiger partial charge in [-0.25, -0.2) is 4.79 Å². The number of carbonyl (C=O) groups is 2. The molecule has 18 heavy (non-hydrogen) atoms. The lowest BCUT2D eigenvalue weighted by Crippen LogP contribution is -2.41. The van der Waals surface area contributed by atoms with Crippen molar-refractivity contribution in [3.63, 3.8) is 0 Å². The molecule has 6 heteroatoms. The number of thioether (sulfide) groups is 1. The Morgan fingerprint density at radius 1 is 1.56 bits per heavy atom. The number of nitrogens with one attached hydrogen (secondary N) is 2. The Labute approximate surface area is 112 Å². The van der Waals surface area contributed by atoms with Crippen LogP contribution in [0.4, 0.5) is 0 Å². The van der Waals surface area contributed by atoms with Crippen LogP contribution in [0.1, 0.15) is 25.7 Å². The summed E-state index contributed by atoms with van der Waals surface area (Å²) in [7, 11) is 0. The molecule has 1 saturated heterocycles. The van der Waals surface area contributed by atoms with Crippen molar-refractivity contribution >= 4 is 23.6 Å². The molecular formula is C12H22N2O3S. The van der Waals surface area contributed by atoms with E-state index in [1.165, 1.54) is 0 Å². The zero-order valence-electron chi connectivity index (χ0n) is 10.8. The molecule has 1 amide bonds. The second kappa shape index (κ2) is 8.37. The molecule has 0 bridgehead atoms. The maximum absolute atomic E-state index is 11.7. The van der Waals surface area contributed by atoms with Gasteiger partial charge in [0.2, 0.25) is 5.91 Å². The number of carboxylic acid groups (broad SMARTS) is 1. The average Bonchev–Trinajstić information content (AvgIpc) is 2.84. The first-order valence-corrected chi connectivity index (χ1v) is 7.74. The van der Waals surface area contributed by atoms with E-state index in [0.29, 0.717) is 18.8 Å². The molecule has 0 aliphatic carbocycles. The average molecular weight is 274 g/mol. The van der Waals surface area contributed by atoms with Gasteiger partial charge in [-0.05, 0) is 50.3 Å². The largest absolute Gasteiger partial charge is 0.480 e. The fourth-order valence-corrected chi connectivity index (χ4v) is 2.53. The fraction of sp³-hybridized carbons (Fsp3) is 0.833. The van der Waals surface area contributed by atoms with Crippen molar-refractivity contribution < 1.29 is 14.7 Å². The van der Waals surface area contributed by atoms with Crippen LogP contribution >= 0.6 is 11.8 Å². The lowest BCUT2D eigenvalue weighted by atomic mass is 10.0. The number of carbonyl (C=O) groups excluding carboxylic acids is 1. The van der Waals surface area contributed by atoms with Crippen LogP contribution in [0.25, 0.3) is 0 Å². The number of carboxylic acids is 1. The Hall–Kier alpha value is -0.750. The molecule has 5 nitrogen and oxygen atoms in total. The minimum absolute atomic E-state index is 0.143. The molecule has 0 spiro atoms. The highest BCUT2D eigenvalue weighted by Gasteiger charge is 2.20. The summed E-state index contributed by atoms with van der Waals surface area (Å²) in [6.45, 7) is 2.00. The molecule has 2 atom stereocenters. The Balaban J connectivity index is 2.24. The lowest BCUT2D eigenvalue weighted by Gasteiger charge is -2.14. The van der Waals surface area contributed by atoms with Gasteiger partial charge in [-0.2, -0.15) is 11.8 Å². The normalized spacial score (nSPS) is 20.6. The monoisotopic (exact) mass is 274 g/mol. The lowest BCUT2D eigenvalue weighted by molar-refractivity contribution is -0.141. The molecule has 1 aliphatic rings. The molecule has 1 aliphatic heterocycles. The molecular weight excluding hydrogens is 252 g/mol. The predicted molar refractivity (Wildman–Crippen MR) is 72.8 cm³/mol. The van der Waals surface area contributed by atoms with Crippen LogP contribution in [0.5, 0.6) is 0 Å². The number of hydrogen-bond acceptors (Lipinski definition) is 4. The van der Waals surface area contributed by atoms with Crippen molar-refractivity contribution in [2.24, 2.45) is 5.92 Å². The first-order chi connectivity index (χ1) is 8.63. The molecule has 0 aromatic rings. The van der Waals surface area contributed by atoms with Crippen molar-refractivity contribution in [1.82, 2.24) is 10.6 Å². The molecule has 1 heterocycles. The predicted octanol–water partition coefficient (Wildman–Crippen LogP) is 0.699. The Bertz CT molecular complexity index is 280. The third-order valence-electron chi connectivity index (χ3n) is 3.19.